The lowest BCUT2D eigenvalue weighted by Gasteiger charge is -2.39. The van der Waals surface area contributed by atoms with E-state index in [1.165, 1.54) is 5.56 Å². The molecule has 4 rings (SSSR count). The highest BCUT2D eigenvalue weighted by Crippen LogP contribution is 2.19. The normalized spacial score (nSPS) is 18.2. The Bertz CT molecular complexity index is 908. The summed E-state index contributed by atoms with van der Waals surface area (Å²) in [6.07, 6.45) is 3.59. The van der Waals surface area contributed by atoms with Crippen LogP contribution in [0.15, 0.2) is 47.7 Å². The fourth-order valence-electron chi connectivity index (χ4n) is 3.81. The van der Waals surface area contributed by atoms with Crippen LogP contribution < -0.4 is 5.32 Å². The predicted octanol–water partition coefficient (Wildman–Crippen LogP) is 2.93. The molecule has 0 saturated carbocycles. The highest BCUT2D eigenvalue weighted by atomic mass is 127. The molecule has 31 heavy (non-hydrogen) atoms. The highest BCUT2D eigenvalue weighted by molar-refractivity contribution is 14.0. The number of hydrogen-bond acceptors (Lipinski definition) is 6. The van der Waals surface area contributed by atoms with E-state index < -0.39 is 5.60 Å². The van der Waals surface area contributed by atoms with Crippen molar-refractivity contribution in [2.45, 2.75) is 45.5 Å². The molecule has 1 fully saturated rings. The number of carbonyl (C=O) groups excluding carboxylic acids is 1. The van der Waals surface area contributed by atoms with E-state index in [0.29, 0.717) is 26.2 Å². The molecular formula is C22H31IN6O2. The van der Waals surface area contributed by atoms with Gasteiger partial charge in [0.15, 0.2) is 5.96 Å². The molecule has 1 atom stereocenters. The zero-order valence-corrected chi connectivity index (χ0v) is 20.7. The maximum atomic E-state index is 12.4. The van der Waals surface area contributed by atoms with Crippen molar-refractivity contribution in [2.24, 2.45) is 4.99 Å². The second-order valence-electron chi connectivity index (χ2n) is 8.75. The third-order valence-corrected chi connectivity index (χ3v) is 5.26. The number of rotatable bonds is 4. The molecule has 1 amide bonds. The van der Waals surface area contributed by atoms with E-state index in [4.69, 9.17) is 4.74 Å². The molecule has 1 saturated heterocycles. The largest absolute Gasteiger partial charge is 0.444 e. The summed E-state index contributed by atoms with van der Waals surface area (Å²) in [6, 6.07) is 10.6. The number of hydrogen-bond donors (Lipinski definition) is 1. The predicted molar refractivity (Wildman–Crippen MR) is 131 cm³/mol. The Balaban J connectivity index is 0.00000272. The van der Waals surface area contributed by atoms with Gasteiger partial charge in [0, 0.05) is 38.6 Å². The first-order chi connectivity index (χ1) is 14.4. The SMILES string of the molecule is CC(C)(C)OC(=O)N1CCN2C(NCc3nccn3Cc3ccccc3)=NCC2C1.I. The van der Waals surface area contributed by atoms with Crippen molar-refractivity contribution in [2.75, 3.05) is 26.2 Å². The minimum absolute atomic E-state index is 0. The quantitative estimate of drug-likeness (QED) is 0.607. The summed E-state index contributed by atoms with van der Waals surface area (Å²) >= 11 is 0. The Hall–Kier alpha value is -2.30. The van der Waals surface area contributed by atoms with Crippen LogP contribution in [-0.2, 0) is 17.8 Å². The molecule has 1 N–H and O–H groups in total. The van der Waals surface area contributed by atoms with E-state index in [-0.39, 0.29) is 36.1 Å². The Morgan fingerprint density at radius 1 is 1.23 bits per heavy atom. The third-order valence-electron chi connectivity index (χ3n) is 5.26. The van der Waals surface area contributed by atoms with Gasteiger partial charge in [0.1, 0.15) is 11.4 Å². The van der Waals surface area contributed by atoms with Crippen molar-refractivity contribution >= 4 is 36.0 Å². The van der Waals surface area contributed by atoms with Crippen molar-refractivity contribution in [1.82, 2.24) is 24.7 Å². The molecule has 3 heterocycles. The molecule has 0 aliphatic carbocycles. The van der Waals surface area contributed by atoms with Crippen LogP contribution in [0.5, 0.6) is 0 Å². The second-order valence-corrected chi connectivity index (χ2v) is 8.75. The number of halogens is 1. The first-order valence-electron chi connectivity index (χ1n) is 10.5. The number of aromatic nitrogens is 2. The molecule has 1 unspecified atom stereocenters. The van der Waals surface area contributed by atoms with Gasteiger partial charge in [-0.1, -0.05) is 30.3 Å². The van der Waals surface area contributed by atoms with Crippen LogP contribution >= 0.6 is 24.0 Å². The van der Waals surface area contributed by atoms with E-state index >= 15 is 0 Å². The highest BCUT2D eigenvalue weighted by Gasteiger charge is 2.36. The number of amides is 1. The lowest BCUT2D eigenvalue weighted by molar-refractivity contribution is 0.0137. The number of aliphatic imine (C=N–C) groups is 1. The standard InChI is InChI=1S/C22H30N6O2.HI/c1-22(2,3)30-21(29)27-11-12-28-18(16-27)13-24-20(28)25-14-19-23-9-10-26(19)15-17-7-5-4-6-8-17;/h4-10,18H,11-16H2,1-3H3,(H,24,25);1H. The van der Waals surface area contributed by atoms with Gasteiger partial charge in [0.05, 0.1) is 19.1 Å². The molecule has 0 spiro atoms. The van der Waals surface area contributed by atoms with Crippen LogP contribution in [0.1, 0.15) is 32.2 Å². The molecule has 2 aliphatic rings. The lowest BCUT2D eigenvalue weighted by atomic mass is 10.2. The van der Waals surface area contributed by atoms with Gasteiger partial charge in [-0.3, -0.25) is 4.99 Å². The van der Waals surface area contributed by atoms with Crippen molar-refractivity contribution in [3.8, 4) is 0 Å². The van der Waals surface area contributed by atoms with Gasteiger partial charge in [-0.05, 0) is 26.3 Å². The van der Waals surface area contributed by atoms with Gasteiger partial charge in [-0.25, -0.2) is 9.78 Å². The molecule has 0 bridgehead atoms. The molecular weight excluding hydrogens is 507 g/mol. The summed E-state index contributed by atoms with van der Waals surface area (Å²) in [4.78, 5) is 25.6. The molecule has 0 radical (unpaired) electrons. The fraction of sp³-hybridized carbons (Fsp3) is 0.500. The van der Waals surface area contributed by atoms with Crippen LogP contribution in [0.2, 0.25) is 0 Å². The topological polar surface area (TPSA) is 75.0 Å². The van der Waals surface area contributed by atoms with Gasteiger partial charge in [0.25, 0.3) is 0 Å². The molecule has 1 aromatic carbocycles. The van der Waals surface area contributed by atoms with Crippen molar-refractivity contribution < 1.29 is 9.53 Å². The Kier molecular flexibility index (Phi) is 7.45. The van der Waals surface area contributed by atoms with Crippen molar-refractivity contribution in [1.29, 1.82) is 0 Å². The average molecular weight is 538 g/mol. The molecule has 168 valence electrons. The minimum atomic E-state index is -0.477. The Morgan fingerprint density at radius 2 is 2.00 bits per heavy atom. The third kappa shape index (κ3) is 5.90. The summed E-state index contributed by atoms with van der Waals surface area (Å²) in [5.74, 6) is 1.86. The second kappa shape index (κ2) is 9.88. The maximum absolute atomic E-state index is 12.4. The lowest BCUT2D eigenvalue weighted by Crippen LogP contribution is -2.57. The number of nitrogens with zero attached hydrogens (tertiary/aromatic N) is 5. The number of fused-ring (bicyclic) bond motifs is 1. The van der Waals surface area contributed by atoms with Crippen LogP contribution in [0.25, 0.3) is 0 Å². The van der Waals surface area contributed by atoms with Crippen molar-refractivity contribution in [3.63, 3.8) is 0 Å². The summed E-state index contributed by atoms with van der Waals surface area (Å²) in [5, 5.41) is 3.45. The Morgan fingerprint density at radius 3 is 2.74 bits per heavy atom. The van der Waals surface area contributed by atoms with Crippen LogP contribution in [0.4, 0.5) is 4.79 Å². The number of carbonyl (C=O) groups is 1. The van der Waals surface area contributed by atoms with E-state index in [1.54, 1.807) is 4.90 Å². The number of nitrogens with one attached hydrogen (secondary N) is 1. The van der Waals surface area contributed by atoms with Gasteiger partial charge in [-0.2, -0.15) is 0 Å². The van der Waals surface area contributed by atoms with Crippen LogP contribution in [-0.4, -0.2) is 69.2 Å². The molecule has 1 aromatic heterocycles. The number of guanidine groups is 1. The maximum Gasteiger partial charge on any atom is 0.410 e. The molecule has 8 nitrogen and oxygen atoms in total. The monoisotopic (exact) mass is 538 g/mol. The number of benzene rings is 1. The van der Waals surface area contributed by atoms with Gasteiger partial charge in [-0.15, -0.1) is 24.0 Å². The van der Waals surface area contributed by atoms with Gasteiger partial charge < -0.3 is 24.4 Å². The van der Waals surface area contributed by atoms with Gasteiger partial charge >= 0.3 is 6.09 Å². The van der Waals surface area contributed by atoms with Crippen molar-refractivity contribution in [3.05, 3.63) is 54.1 Å². The first kappa shape index (κ1) is 23.4. The van der Waals surface area contributed by atoms with Crippen LogP contribution in [0.3, 0.4) is 0 Å². The van der Waals surface area contributed by atoms with E-state index in [1.807, 2.05) is 39.2 Å². The fourth-order valence-corrected chi connectivity index (χ4v) is 3.81. The summed E-state index contributed by atoms with van der Waals surface area (Å²) in [7, 11) is 0. The summed E-state index contributed by atoms with van der Waals surface area (Å²) < 4.78 is 7.66. The van der Waals surface area contributed by atoms with E-state index in [2.05, 4.69) is 49.0 Å². The zero-order valence-electron chi connectivity index (χ0n) is 18.3. The van der Waals surface area contributed by atoms with Gasteiger partial charge in [0.2, 0.25) is 0 Å². The average Bonchev–Trinajstić information content (AvgIpc) is 3.32. The van der Waals surface area contributed by atoms with E-state index in [0.717, 1.165) is 24.9 Å². The Labute approximate surface area is 200 Å². The van der Waals surface area contributed by atoms with E-state index in [9.17, 15) is 4.79 Å². The first-order valence-corrected chi connectivity index (χ1v) is 10.5. The smallest absolute Gasteiger partial charge is 0.410 e. The number of piperazine rings is 1. The minimum Gasteiger partial charge on any atom is -0.444 e. The molecule has 2 aromatic rings. The summed E-state index contributed by atoms with van der Waals surface area (Å²) in [5.41, 5.74) is 0.766. The molecule has 9 heteroatoms. The van der Waals surface area contributed by atoms with Crippen LogP contribution in [0, 0.1) is 0 Å². The molecule has 2 aliphatic heterocycles. The number of imidazole rings is 1. The number of ether oxygens (including phenoxy) is 1. The summed E-state index contributed by atoms with van der Waals surface area (Å²) in [6.45, 7) is 9.77. The zero-order chi connectivity index (χ0) is 21.1.